The third-order valence-corrected chi connectivity index (χ3v) is 3.95. The van der Waals surface area contributed by atoms with Crippen LogP contribution in [0.2, 0.25) is 0 Å². The average molecular weight is 330 g/mol. The van der Waals surface area contributed by atoms with E-state index in [1.54, 1.807) is 26.8 Å². The summed E-state index contributed by atoms with van der Waals surface area (Å²) in [5.74, 6) is -0.292. The number of rotatable bonds is 6. The number of hydrogen-bond donors (Lipinski definition) is 2. The molecule has 130 valence electrons. The molecule has 3 nitrogen and oxygen atoms in total. The van der Waals surface area contributed by atoms with Crippen LogP contribution in [0.1, 0.15) is 51.7 Å². The maximum atomic E-state index is 12.8. The number of carbonyl (C=O) groups is 1. The average Bonchev–Trinajstić information content (AvgIpc) is 2.44. The van der Waals surface area contributed by atoms with Crippen molar-refractivity contribution in [1.82, 2.24) is 5.32 Å². The molecule has 1 atom stereocenters. The van der Waals surface area contributed by atoms with E-state index < -0.39 is 22.7 Å². The van der Waals surface area contributed by atoms with Crippen molar-refractivity contribution >= 4 is 5.91 Å². The van der Waals surface area contributed by atoms with Crippen LogP contribution in [0.25, 0.3) is 0 Å². The smallest absolute Gasteiger partial charge is 0.354 e. The number of carbonyl (C=O) groups excluding carboxylic acids is 1. The lowest BCUT2D eigenvalue weighted by atomic mass is 9.83. The van der Waals surface area contributed by atoms with E-state index in [0.29, 0.717) is 12.0 Å². The molecule has 0 saturated carbocycles. The standard InChI is InChI=1S/C17H25F3N2O/c1-5-9-16(4,21)14(23)22-11-15(2,3)12-7-6-8-13(10-12)17(18,19)20/h6-8,10H,5,9,11,21H2,1-4H3,(H,22,23). The highest BCUT2D eigenvalue weighted by Gasteiger charge is 2.33. The molecular formula is C17H25F3N2O. The Morgan fingerprint density at radius 3 is 2.26 bits per heavy atom. The van der Waals surface area contributed by atoms with Gasteiger partial charge < -0.3 is 11.1 Å². The predicted octanol–water partition coefficient (Wildman–Crippen LogP) is 3.62. The van der Waals surface area contributed by atoms with Crippen LogP contribution in [0.4, 0.5) is 13.2 Å². The minimum absolute atomic E-state index is 0.212. The monoisotopic (exact) mass is 330 g/mol. The van der Waals surface area contributed by atoms with Crippen molar-refractivity contribution in [3.05, 3.63) is 35.4 Å². The van der Waals surface area contributed by atoms with Crippen LogP contribution >= 0.6 is 0 Å². The van der Waals surface area contributed by atoms with Gasteiger partial charge in [-0.25, -0.2) is 0 Å². The molecule has 0 aromatic heterocycles. The van der Waals surface area contributed by atoms with Gasteiger partial charge in [-0.05, 0) is 25.0 Å². The van der Waals surface area contributed by atoms with Gasteiger partial charge in [-0.3, -0.25) is 4.79 Å². The predicted molar refractivity (Wildman–Crippen MR) is 85.0 cm³/mol. The lowest BCUT2D eigenvalue weighted by molar-refractivity contribution is -0.137. The van der Waals surface area contributed by atoms with E-state index in [1.807, 2.05) is 6.92 Å². The van der Waals surface area contributed by atoms with E-state index in [9.17, 15) is 18.0 Å². The van der Waals surface area contributed by atoms with Crippen molar-refractivity contribution in [3.63, 3.8) is 0 Å². The normalized spacial score (nSPS) is 15.1. The maximum Gasteiger partial charge on any atom is 0.416 e. The first-order chi connectivity index (χ1) is 10.4. The van der Waals surface area contributed by atoms with Crippen LogP contribution in [0.3, 0.4) is 0 Å². The van der Waals surface area contributed by atoms with E-state index in [-0.39, 0.29) is 12.5 Å². The summed E-state index contributed by atoms with van der Waals surface area (Å²) in [4.78, 5) is 12.1. The molecule has 0 radical (unpaired) electrons. The zero-order valence-corrected chi connectivity index (χ0v) is 14.1. The molecule has 1 amide bonds. The second kappa shape index (κ2) is 6.91. The molecule has 0 spiro atoms. The summed E-state index contributed by atoms with van der Waals surface area (Å²) < 4.78 is 38.5. The van der Waals surface area contributed by atoms with Crippen molar-refractivity contribution in [2.24, 2.45) is 5.73 Å². The molecule has 0 fully saturated rings. The summed E-state index contributed by atoms with van der Waals surface area (Å²) in [7, 11) is 0. The van der Waals surface area contributed by atoms with Crippen LogP contribution in [0, 0.1) is 0 Å². The summed E-state index contributed by atoms with van der Waals surface area (Å²) in [6.07, 6.45) is -3.06. The first kappa shape index (κ1) is 19.5. The Morgan fingerprint density at radius 2 is 1.74 bits per heavy atom. The largest absolute Gasteiger partial charge is 0.416 e. The maximum absolute atomic E-state index is 12.8. The highest BCUT2D eigenvalue weighted by molar-refractivity contribution is 5.85. The van der Waals surface area contributed by atoms with Crippen molar-refractivity contribution in [3.8, 4) is 0 Å². The van der Waals surface area contributed by atoms with Gasteiger partial charge >= 0.3 is 6.18 Å². The number of nitrogens with one attached hydrogen (secondary N) is 1. The molecule has 0 aliphatic carbocycles. The van der Waals surface area contributed by atoms with E-state index in [2.05, 4.69) is 5.32 Å². The first-order valence-electron chi connectivity index (χ1n) is 7.65. The van der Waals surface area contributed by atoms with Gasteiger partial charge in [0.25, 0.3) is 0 Å². The van der Waals surface area contributed by atoms with Crippen molar-refractivity contribution in [2.45, 2.75) is 57.7 Å². The van der Waals surface area contributed by atoms with Gasteiger partial charge in [0.15, 0.2) is 0 Å². The van der Waals surface area contributed by atoms with Gasteiger partial charge in [-0.1, -0.05) is 45.4 Å². The molecule has 0 bridgehead atoms. The molecule has 6 heteroatoms. The topological polar surface area (TPSA) is 55.1 Å². The van der Waals surface area contributed by atoms with E-state index in [4.69, 9.17) is 5.73 Å². The van der Waals surface area contributed by atoms with Gasteiger partial charge in [0, 0.05) is 12.0 Å². The zero-order valence-electron chi connectivity index (χ0n) is 14.1. The fraction of sp³-hybridized carbons (Fsp3) is 0.588. The molecular weight excluding hydrogens is 305 g/mol. The Balaban J connectivity index is 2.86. The molecule has 1 rings (SSSR count). The third kappa shape index (κ3) is 5.23. The Hall–Kier alpha value is -1.56. The summed E-state index contributed by atoms with van der Waals surface area (Å²) in [5.41, 5.74) is 4.17. The van der Waals surface area contributed by atoms with Gasteiger partial charge in [0.1, 0.15) is 0 Å². The molecule has 1 aromatic carbocycles. The molecule has 0 aliphatic heterocycles. The number of benzene rings is 1. The number of hydrogen-bond acceptors (Lipinski definition) is 2. The SMILES string of the molecule is CCCC(C)(N)C(=O)NCC(C)(C)c1cccc(C(F)(F)F)c1. The molecule has 0 heterocycles. The fourth-order valence-electron chi connectivity index (χ4n) is 2.35. The van der Waals surface area contributed by atoms with Crippen LogP contribution < -0.4 is 11.1 Å². The Labute approximate surface area is 135 Å². The van der Waals surface area contributed by atoms with E-state index in [1.165, 1.54) is 6.07 Å². The quantitative estimate of drug-likeness (QED) is 0.837. The Morgan fingerprint density at radius 1 is 1.17 bits per heavy atom. The third-order valence-electron chi connectivity index (χ3n) is 3.95. The lowest BCUT2D eigenvalue weighted by Gasteiger charge is -2.29. The Kier molecular flexibility index (Phi) is 5.85. The van der Waals surface area contributed by atoms with Crippen LogP contribution in [0.15, 0.2) is 24.3 Å². The van der Waals surface area contributed by atoms with Crippen LogP contribution in [-0.2, 0) is 16.4 Å². The van der Waals surface area contributed by atoms with E-state index >= 15 is 0 Å². The second-order valence-electron chi connectivity index (χ2n) is 6.81. The van der Waals surface area contributed by atoms with Crippen molar-refractivity contribution in [2.75, 3.05) is 6.54 Å². The zero-order chi connectivity index (χ0) is 17.9. The molecule has 0 saturated heterocycles. The molecule has 3 N–H and O–H groups in total. The summed E-state index contributed by atoms with van der Waals surface area (Å²) in [6, 6.07) is 5.18. The second-order valence-corrected chi connectivity index (χ2v) is 6.81. The van der Waals surface area contributed by atoms with Crippen LogP contribution in [-0.4, -0.2) is 18.0 Å². The van der Waals surface area contributed by atoms with Gasteiger partial charge in [-0.2, -0.15) is 13.2 Å². The number of nitrogens with two attached hydrogens (primary N) is 1. The van der Waals surface area contributed by atoms with Gasteiger partial charge in [-0.15, -0.1) is 0 Å². The minimum Gasteiger partial charge on any atom is -0.354 e. The molecule has 23 heavy (non-hydrogen) atoms. The first-order valence-corrected chi connectivity index (χ1v) is 7.65. The van der Waals surface area contributed by atoms with Gasteiger partial charge in [0.05, 0.1) is 11.1 Å². The molecule has 1 unspecified atom stereocenters. The van der Waals surface area contributed by atoms with Gasteiger partial charge in [0.2, 0.25) is 5.91 Å². The molecule has 1 aromatic rings. The minimum atomic E-state index is -4.38. The lowest BCUT2D eigenvalue weighted by Crippen LogP contribution is -2.53. The van der Waals surface area contributed by atoms with Crippen molar-refractivity contribution in [1.29, 1.82) is 0 Å². The molecule has 0 aliphatic rings. The van der Waals surface area contributed by atoms with Crippen LogP contribution in [0.5, 0.6) is 0 Å². The fourth-order valence-corrected chi connectivity index (χ4v) is 2.35. The highest BCUT2D eigenvalue weighted by Crippen LogP contribution is 2.32. The van der Waals surface area contributed by atoms with Crippen molar-refractivity contribution < 1.29 is 18.0 Å². The highest BCUT2D eigenvalue weighted by atomic mass is 19.4. The Bertz CT molecular complexity index is 551. The number of halogens is 3. The van der Waals surface area contributed by atoms with E-state index in [0.717, 1.165) is 18.6 Å². The summed E-state index contributed by atoms with van der Waals surface area (Å²) in [5, 5.41) is 2.76. The summed E-state index contributed by atoms with van der Waals surface area (Å²) >= 11 is 0. The summed E-state index contributed by atoms with van der Waals surface area (Å²) in [6.45, 7) is 7.38. The number of amides is 1. The number of alkyl halides is 3.